The maximum Gasteiger partial charge on any atom is 0.126 e. The van der Waals surface area contributed by atoms with E-state index in [0.29, 0.717) is 0 Å². The molecule has 4 heteroatoms. The SMILES string of the molecule is CC(C)[C@H](N)[C@H](O)c1cc(F)cc(F)c1. The summed E-state index contributed by atoms with van der Waals surface area (Å²) in [7, 11) is 0. The molecule has 84 valence electrons. The first-order chi connectivity index (χ1) is 6.91. The molecule has 1 rings (SSSR count). The number of nitrogens with two attached hydrogens (primary N) is 1. The van der Waals surface area contributed by atoms with Gasteiger partial charge in [-0.1, -0.05) is 13.8 Å². The van der Waals surface area contributed by atoms with Gasteiger partial charge in [-0.3, -0.25) is 0 Å². The maximum absolute atomic E-state index is 12.9. The van der Waals surface area contributed by atoms with Crippen molar-refractivity contribution in [1.82, 2.24) is 0 Å². The van der Waals surface area contributed by atoms with Crippen molar-refractivity contribution < 1.29 is 13.9 Å². The Morgan fingerprint density at radius 1 is 1.13 bits per heavy atom. The van der Waals surface area contributed by atoms with Crippen LogP contribution in [0.25, 0.3) is 0 Å². The molecule has 0 saturated heterocycles. The van der Waals surface area contributed by atoms with Crippen LogP contribution < -0.4 is 5.73 Å². The van der Waals surface area contributed by atoms with Gasteiger partial charge in [-0.25, -0.2) is 8.78 Å². The van der Waals surface area contributed by atoms with Gasteiger partial charge in [0, 0.05) is 12.1 Å². The highest BCUT2D eigenvalue weighted by molar-refractivity contribution is 5.21. The third-order valence-corrected chi connectivity index (χ3v) is 2.36. The third-order valence-electron chi connectivity index (χ3n) is 2.36. The molecule has 0 aliphatic carbocycles. The highest BCUT2D eigenvalue weighted by Crippen LogP contribution is 2.21. The predicted molar refractivity (Wildman–Crippen MR) is 54.1 cm³/mol. The van der Waals surface area contributed by atoms with E-state index < -0.39 is 23.8 Å². The fraction of sp³-hybridized carbons (Fsp3) is 0.455. The van der Waals surface area contributed by atoms with E-state index in [1.165, 1.54) is 0 Å². The van der Waals surface area contributed by atoms with E-state index in [1.807, 2.05) is 13.8 Å². The summed E-state index contributed by atoms with van der Waals surface area (Å²) in [6.45, 7) is 3.67. The van der Waals surface area contributed by atoms with Gasteiger partial charge in [-0.15, -0.1) is 0 Å². The maximum atomic E-state index is 12.9. The molecule has 2 atom stereocenters. The molecule has 0 saturated carbocycles. The molecule has 15 heavy (non-hydrogen) atoms. The lowest BCUT2D eigenvalue weighted by molar-refractivity contribution is 0.125. The lowest BCUT2D eigenvalue weighted by atomic mass is 9.94. The highest BCUT2D eigenvalue weighted by Gasteiger charge is 2.20. The zero-order chi connectivity index (χ0) is 11.6. The monoisotopic (exact) mass is 215 g/mol. The van der Waals surface area contributed by atoms with Gasteiger partial charge in [0.1, 0.15) is 11.6 Å². The molecule has 0 amide bonds. The lowest BCUT2D eigenvalue weighted by Crippen LogP contribution is -2.33. The van der Waals surface area contributed by atoms with Crippen LogP contribution in [0.3, 0.4) is 0 Å². The Kier molecular flexibility index (Phi) is 3.77. The molecule has 3 N–H and O–H groups in total. The van der Waals surface area contributed by atoms with Crippen molar-refractivity contribution in [3.05, 3.63) is 35.4 Å². The summed E-state index contributed by atoms with van der Waals surface area (Å²) in [6.07, 6.45) is -1.05. The van der Waals surface area contributed by atoms with E-state index >= 15 is 0 Å². The molecule has 0 bridgehead atoms. The second-order valence-corrected chi connectivity index (χ2v) is 3.97. The average Bonchev–Trinajstić information content (AvgIpc) is 2.13. The molecule has 0 unspecified atom stereocenters. The summed E-state index contributed by atoms with van der Waals surface area (Å²) in [5.41, 5.74) is 5.87. The first-order valence-corrected chi connectivity index (χ1v) is 4.81. The minimum absolute atomic E-state index is 0.0336. The van der Waals surface area contributed by atoms with E-state index in [2.05, 4.69) is 0 Å². The lowest BCUT2D eigenvalue weighted by Gasteiger charge is -2.22. The Bertz CT molecular complexity index is 321. The molecule has 0 heterocycles. The van der Waals surface area contributed by atoms with Crippen LogP contribution in [0.2, 0.25) is 0 Å². The molecule has 0 radical (unpaired) electrons. The van der Waals surface area contributed by atoms with Crippen molar-refractivity contribution >= 4 is 0 Å². The van der Waals surface area contributed by atoms with Gasteiger partial charge in [0.05, 0.1) is 6.10 Å². The Hall–Kier alpha value is -1.00. The number of benzene rings is 1. The molecule has 0 fully saturated rings. The van der Waals surface area contributed by atoms with Crippen molar-refractivity contribution in [2.24, 2.45) is 11.7 Å². The Morgan fingerprint density at radius 2 is 1.60 bits per heavy atom. The summed E-state index contributed by atoms with van der Waals surface area (Å²) in [4.78, 5) is 0. The van der Waals surface area contributed by atoms with E-state index in [4.69, 9.17) is 5.73 Å². The van der Waals surface area contributed by atoms with Crippen LogP contribution in [0.4, 0.5) is 8.78 Å². The fourth-order valence-electron chi connectivity index (χ4n) is 1.33. The van der Waals surface area contributed by atoms with Crippen LogP contribution in [-0.4, -0.2) is 11.1 Å². The van der Waals surface area contributed by atoms with Gasteiger partial charge >= 0.3 is 0 Å². The first kappa shape index (κ1) is 12.1. The molecule has 0 aromatic heterocycles. The van der Waals surface area contributed by atoms with E-state index in [-0.39, 0.29) is 11.5 Å². The van der Waals surface area contributed by atoms with Gasteiger partial charge in [0.15, 0.2) is 0 Å². The van der Waals surface area contributed by atoms with Crippen LogP contribution >= 0.6 is 0 Å². The summed E-state index contributed by atoms with van der Waals surface area (Å²) in [6, 6.07) is 2.41. The fourth-order valence-corrected chi connectivity index (χ4v) is 1.33. The number of halogens is 2. The third kappa shape index (κ3) is 2.97. The van der Waals surface area contributed by atoms with Crippen molar-refractivity contribution in [3.63, 3.8) is 0 Å². The topological polar surface area (TPSA) is 46.2 Å². The quantitative estimate of drug-likeness (QED) is 0.809. The zero-order valence-corrected chi connectivity index (χ0v) is 8.74. The van der Waals surface area contributed by atoms with Gasteiger partial charge < -0.3 is 10.8 Å². The minimum atomic E-state index is -1.05. The summed E-state index contributed by atoms with van der Waals surface area (Å²) in [5.74, 6) is -1.38. The smallest absolute Gasteiger partial charge is 0.126 e. The predicted octanol–water partition coefficient (Wildman–Crippen LogP) is 1.98. The van der Waals surface area contributed by atoms with Crippen LogP contribution in [0.15, 0.2) is 18.2 Å². The molecule has 0 aliphatic rings. The number of aliphatic hydroxyl groups is 1. The molecule has 0 aliphatic heterocycles. The van der Waals surface area contributed by atoms with Crippen LogP contribution in [-0.2, 0) is 0 Å². The van der Waals surface area contributed by atoms with E-state index in [0.717, 1.165) is 18.2 Å². The Morgan fingerprint density at radius 3 is 2.00 bits per heavy atom. The van der Waals surface area contributed by atoms with E-state index in [1.54, 1.807) is 0 Å². The number of aliphatic hydroxyl groups excluding tert-OH is 1. The van der Waals surface area contributed by atoms with Crippen molar-refractivity contribution in [3.8, 4) is 0 Å². The summed E-state index contributed by atoms with van der Waals surface area (Å²) >= 11 is 0. The second-order valence-electron chi connectivity index (χ2n) is 3.97. The van der Waals surface area contributed by atoms with Crippen molar-refractivity contribution in [2.75, 3.05) is 0 Å². The van der Waals surface area contributed by atoms with Crippen LogP contribution in [0.5, 0.6) is 0 Å². The van der Waals surface area contributed by atoms with Crippen molar-refractivity contribution in [2.45, 2.75) is 26.0 Å². The van der Waals surface area contributed by atoms with Gasteiger partial charge in [0.2, 0.25) is 0 Å². The van der Waals surface area contributed by atoms with Crippen LogP contribution in [0, 0.1) is 17.6 Å². The number of hydrogen-bond donors (Lipinski definition) is 2. The van der Waals surface area contributed by atoms with Gasteiger partial charge in [0.25, 0.3) is 0 Å². The van der Waals surface area contributed by atoms with E-state index in [9.17, 15) is 13.9 Å². The molecule has 0 spiro atoms. The molecular weight excluding hydrogens is 200 g/mol. The minimum Gasteiger partial charge on any atom is -0.387 e. The average molecular weight is 215 g/mol. The Balaban J connectivity index is 2.95. The highest BCUT2D eigenvalue weighted by atomic mass is 19.1. The normalized spacial score (nSPS) is 15.4. The Labute approximate surface area is 87.7 Å². The molecule has 1 aromatic rings. The number of hydrogen-bond acceptors (Lipinski definition) is 2. The van der Waals surface area contributed by atoms with Gasteiger partial charge in [-0.2, -0.15) is 0 Å². The second kappa shape index (κ2) is 4.68. The first-order valence-electron chi connectivity index (χ1n) is 4.81. The molecule has 1 aromatic carbocycles. The molecule has 2 nitrogen and oxygen atoms in total. The number of rotatable bonds is 3. The van der Waals surface area contributed by atoms with Gasteiger partial charge in [-0.05, 0) is 23.6 Å². The summed E-state index contributed by atoms with van der Waals surface area (Å²) in [5, 5.41) is 9.75. The zero-order valence-electron chi connectivity index (χ0n) is 8.74. The molecular formula is C11H15F2NO. The van der Waals surface area contributed by atoms with Crippen LogP contribution in [0.1, 0.15) is 25.5 Å². The summed E-state index contributed by atoms with van der Waals surface area (Å²) < 4.78 is 25.7. The van der Waals surface area contributed by atoms with Crippen molar-refractivity contribution in [1.29, 1.82) is 0 Å². The largest absolute Gasteiger partial charge is 0.387 e. The standard InChI is InChI=1S/C11H15F2NO/c1-6(2)10(14)11(15)7-3-8(12)5-9(13)4-7/h3-6,10-11,15H,14H2,1-2H3/t10-,11+/m0/s1.